The predicted octanol–water partition coefficient (Wildman–Crippen LogP) is 1.71. The summed E-state index contributed by atoms with van der Waals surface area (Å²) in [6.45, 7) is 2.64. The number of carbonyl (C=O) groups excluding carboxylic acids is 1. The molecule has 2 aromatic rings. The lowest BCUT2D eigenvalue weighted by molar-refractivity contribution is 0.102. The first-order valence-electron chi connectivity index (χ1n) is 6.98. The van der Waals surface area contributed by atoms with Crippen LogP contribution < -0.4 is 15.4 Å². The van der Waals surface area contributed by atoms with Gasteiger partial charge in [0.1, 0.15) is 17.3 Å². The summed E-state index contributed by atoms with van der Waals surface area (Å²) >= 11 is 0. The largest absolute Gasteiger partial charge is 0.497 e. The third-order valence-corrected chi connectivity index (χ3v) is 3.47. The lowest BCUT2D eigenvalue weighted by Gasteiger charge is -2.05. The summed E-state index contributed by atoms with van der Waals surface area (Å²) in [4.78, 5) is 16.7. The Bertz CT molecular complexity index is 633. The zero-order valence-corrected chi connectivity index (χ0v) is 13.2. The fourth-order valence-corrected chi connectivity index (χ4v) is 2.38. The van der Waals surface area contributed by atoms with E-state index in [1.165, 1.54) is 0 Å². The number of aromatic nitrogens is 2. The molecule has 0 saturated heterocycles. The molecule has 0 radical (unpaired) electrons. The predicted molar refractivity (Wildman–Crippen MR) is 87.0 cm³/mol. The SMILES string of the molecule is COc1cccc(NC(=O)c2cn3c(n2)CCNCC3)c1.Cl. The Morgan fingerprint density at radius 2 is 2.27 bits per heavy atom. The molecule has 118 valence electrons. The highest BCUT2D eigenvalue weighted by molar-refractivity contribution is 6.02. The molecule has 6 nitrogen and oxygen atoms in total. The average molecular weight is 323 g/mol. The summed E-state index contributed by atoms with van der Waals surface area (Å²) in [6.07, 6.45) is 2.66. The van der Waals surface area contributed by atoms with E-state index in [0.717, 1.165) is 31.9 Å². The molecule has 22 heavy (non-hydrogen) atoms. The molecule has 3 rings (SSSR count). The lowest BCUT2D eigenvalue weighted by atomic mass is 10.3. The van der Waals surface area contributed by atoms with E-state index >= 15 is 0 Å². The molecule has 0 bridgehead atoms. The van der Waals surface area contributed by atoms with Crippen molar-refractivity contribution >= 4 is 24.0 Å². The molecule has 0 aliphatic carbocycles. The summed E-state index contributed by atoms with van der Waals surface area (Å²) in [5.74, 6) is 1.46. The molecule has 0 fully saturated rings. The van der Waals surface area contributed by atoms with E-state index in [-0.39, 0.29) is 18.3 Å². The van der Waals surface area contributed by atoms with E-state index in [2.05, 4.69) is 15.6 Å². The fourth-order valence-electron chi connectivity index (χ4n) is 2.38. The molecule has 1 aliphatic heterocycles. The van der Waals surface area contributed by atoms with Crippen molar-refractivity contribution in [1.82, 2.24) is 14.9 Å². The second-order valence-corrected chi connectivity index (χ2v) is 4.92. The number of carbonyl (C=O) groups is 1. The van der Waals surface area contributed by atoms with Crippen molar-refractivity contribution in [2.75, 3.05) is 25.5 Å². The molecule has 2 heterocycles. The molecule has 0 atom stereocenters. The minimum atomic E-state index is -0.197. The number of methoxy groups -OCH3 is 1. The quantitative estimate of drug-likeness (QED) is 0.902. The first kappa shape index (κ1) is 16.3. The third kappa shape index (κ3) is 3.58. The van der Waals surface area contributed by atoms with E-state index in [1.54, 1.807) is 13.2 Å². The second kappa shape index (κ2) is 7.29. The van der Waals surface area contributed by atoms with Gasteiger partial charge in [-0.05, 0) is 12.1 Å². The normalized spacial score (nSPS) is 13.5. The van der Waals surface area contributed by atoms with Gasteiger partial charge < -0.3 is 19.9 Å². The Hall–Kier alpha value is -2.05. The molecule has 0 spiro atoms. The Morgan fingerprint density at radius 1 is 1.41 bits per heavy atom. The summed E-state index contributed by atoms with van der Waals surface area (Å²) in [7, 11) is 1.60. The highest BCUT2D eigenvalue weighted by atomic mass is 35.5. The van der Waals surface area contributed by atoms with Crippen LogP contribution in [-0.4, -0.2) is 35.7 Å². The van der Waals surface area contributed by atoms with Crippen molar-refractivity contribution in [2.45, 2.75) is 13.0 Å². The number of imidazole rings is 1. The number of ether oxygens (including phenoxy) is 1. The van der Waals surface area contributed by atoms with Gasteiger partial charge in [-0.3, -0.25) is 4.79 Å². The summed E-state index contributed by atoms with van der Waals surface area (Å²) in [6, 6.07) is 7.28. The minimum absolute atomic E-state index is 0. The topological polar surface area (TPSA) is 68.2 Å². The van der Waals surface area contributed by atoms with Crippen LogP contribution in [0.3, 0.4) is 0 Å². The van der Waals surface area contributed by atoms with Crippen LogP contribution in [0.15, 0.2) is 30.5 Å². The van der Waals surface area contributed by atoms with Gasteiger partial charge in [0.05, 0.1) is 7.11 Å². The van der Waals surface area contributed by atoms with Crippen molar-refractivity contribution < 1.29 is 9.53 Å². The van der Waals surface area contributed by atoms with E-state index < -0.39 is 0 Å². The average Bonchev–Trinajstić information content (AvgIpc) is 2.79. The van der Waals surface area contributed by atoms with Crippen molar-refractivity contribution in [3.05, 3.63) is 42.0 Å². The minimum Gasteiger partial charge on any atom is -0.497 e. The van der Waals surface area contributed by atoms with Gasteiger partial charge in [-0.2, -0.15) is 0 Å². The summed E-state index contributed by atoms with van der Waals surface area (Å²) in [5, 5.41) is 6.15. The number of hydrogen-bond acceptors (Lipinski definition) is 4. The monoisotopic (exact) mass is 322 g/mol. The maximum Gasteiger partial charge on any atom is 0.275 e. The number of rotatable bonds is 3. The molecule has 2 N–H and O–H groups in total. The molecule has 7 heteroatoms. The smallest absolute Gasteiger partial charge is 0.275 e. The number of anilines is 1. The van der Waals surface area contributed by atoms with E-state index in [4.69, 9.17) is 4.74 Å². The highest BCUT2D eigenvalue weighted by Crippen LogP contribution is 2.17. The fraction of sp³-hybridized carbons (Fsp3) is 0.333. The first-order chi connectivity index (χ1) is 10.3. The van der Waals surface area contributed by atoms with Crippen LogP contribution in [0, 0.1) is 0 Å². The molecule has 1 amide bonds. The van der Waals surface area contributed by atoms with Crippen LogP contribution in [0.4, 0.5) is 5.69 Å². The Morgan fingerprint density at radius 3 is 3.09 bits per heavy atom. The van der Waals surface area contributed by atoms with Crippen molar-refractivity contribution in [3.63, 3.8) is 0 Å². The molecule has 0 unspecified atom stereocenters. The van der Waals surface area contributed by atoms with Crippen LogP contribution in [-0.2, 0) is 13.0 Å². The zero-order valence-electron chi connectivity index (χ0n) is 12.3. The number of nitrogens with zero attached hydrogens (tertiary/aromatic N) is 2. The van der Waals surface area contributed by atoms with Gasteiger partial charge in [-0.1, -0.05) is 6.07 Å². The molecule has 0 saturated carbocycles. The maximum atomic E-state index is 12.3. The van der Waals surface area contributed by atoms with Crippen LogP contribution >= 0.6 is 12.4 Å². The molecule has 1 aromatic carbocycles. The Labute approximate surface area is 135 Å². The van der Waals surface area contributed by atoms with Gasteiger partial charge in [-0.25, -0.2) is 4.98 Å². The molecule has 1 aromatic heterocycles. The lowest BCUT2D eigenvalue weighted by Crippen LogP contribution is -2.18. The van der Waals surface area contributed by atoms with E-state index in [0.29, 0.717) is 17.1 Å². The van der Waals surface area contributed by atoms with Crippen molar-refractivity contribution in [3.8, 4) is 5.75 Å². The molecule has 1 aliphatic rings. The summed E-state index contributed by atoms with van der Waals surface area (Å²) < 4.78 is 7.19. The maximum absolute atomic E-state index is 12.3. The van der Waals surface area contributed by atoms with Crippen molar-refractivity contribution in [1.29, 1.82) is 0 Å². The van der Waals surface area contributed by atoms with Gasteiger partial charge in [-0.15, -0.1) is 12.4 Å². The number of hydrogen-bond donors (Lipinski definition) is 2. The number of halogens is 1. The van der Waals surface area contributed by atoms with Crippen molar-refractivity contribution in [2.24, 2.45) is 0 Å². The Kier molecular flexibility index (Phi) is 5.41. The second-order valence-electron chi connectivity index (χ2n) is 4.92. The van der Waals surface area contributed by atoms with Gasteiger partial charge in [0.25, 0.3) is 5.91 Å². The van der Waals surface area contributed by atoms with Gasteiger partial charge in [0.2, 0.25) is 0 Å². The van der Waals surface area contributed by atoms with Gasteiger partial charge in [0.15, 0.2) is 0 Å². The Balaban J connectivity index is 0.00000176. The number of amides is 1. The number of fused-ring (bicyclic) bond motifs is 1. The third-order valence-electron chi connectivity index (χ3n) is 3.47. The molecular weight excluding hydrogens is 304 g/mol. The van der Waals surface area contributed by atoms with Crippen LogP contribution in [0.25, 0.3) is 0 Å². The van der Waals surface area contributed by atoms with Gasteiger partial charge in [0, 0.05) is 44.0 Å². The standard InChI is InChI=1S/C15H18N4O2.ClH/c1-21-12-4-2-3-11(9-12)17-15(20)13-10-19-8-7-16-6-5-14(19)18-13;/h2-4,9-10,16H,5-8H2,1H3,(H,17,20);1H. The number of benzene rings is 1. The van der Waals surface area contributed by atoms with E-state index in [1.807, 2.05) is 29.0 Å². The van der Waals surface area contributed by atoms with E-state index in [9.17, 15) is 4.79 Å². The summed E-state index contributed by atoms with van der Waals surface area (Å²) in [5.41, 5.74) is 1.15. The first-order valence-corrected chi connectivity index (χ1v) is 6.98. The molecular formula is C15H19ClN4O2. The van der Waals surface area contributed by atoms with Crippen LogP contribution in [0.1, 0.15) is 16.3 Å². The van der Waals surface area contributed by atoms with Crippen LogP contribution in [0.5, 0.6) is 5.75 Å². The zero-order chi connectivity index (χ0) is 14.7. The van der Waals surface area contributed by atoms with Gasteiger partial charge >= 0.3 is 0 Å². The van der Waals surface area contributed by atoms with Crippen LogP contribution in [0.2, 0.25) is 0 Å². The highest BCUT2D eigenvalue weighted by Gasteiger charge is 2.16. The number of nitrogens with one attached hydrogen (secondary N) is 2.